The summed E-state index contributed by atoms with van der Waals surface area (Å²) < 4.78 is 10.4. The lowest BCUT2D eigenvalue weighted by atomic mass is 9.81. The summed E-state index contributed by atoms with van der Waals surface area (Å²) in [5, 5.41) is 13.1. The van der Waals surface area contributed by atoms with Crippen molar-refractivity contribution in [3.63, 3.8) is 0 Å². The van der Waals surface area contributed by atoms with E-state index in [1.165, 1.54) is 0 Å². The zero-order valence-electron chi connectivity index (χ0n) is 14.4. The Morgan fingerprint density at radius 1 is 1.22 bits per heavy atom. The van der Waals surface area contributed by atoms with E-state index in [4.69, 9.17) is 15.2 Å². The fourth-order valence-electron chi connectivity index (χ4n) is 2.47. The molecule has 0 fully saturated rings. The van der Waals surface area contributed by atoms with Crippen LogP contribution in [0, 0.1) is 5.41 Å². The summed E-state index contributed by atoms with van der Waals surface area (Å²) in [6.45, 7) is 4.28. The minimum Gasteiger partial charge on any atom is -0.497 e. The molecule has 1 amide bonds. The molecule has 0 heterocycles. The van der Waals surface area contributed by atoms with E-state index in [-0.39, 0.29) is 19.0 Å². The number of rotatable bonds is 9. The van der Waals surface area contributed by atoms with E-state index in [9.17, 15) is 9.90 Å². The van der Waals surface area contributed by atoms with E-state index >= 15 is 0 Å². The second-order valence-corrected chi connectivity index (χ2v) is 5.56. The van der Waals surface area contributed by atoms with Crippen LogP contribution in [0.2, 0.25) is 0 Å². The van der Waals surface area contributed by atoms with Crippen LogP contribution in [0.5, 0.6) is 11.5 Å². The van der Waals surface area contributed by atoms with Crippen molar-refractivity contribution >= 4 is 5.91 Å². The Balaban J connectivity index is 2.80. The van der Waals surface area contributed by atoms with Crippen LogP contribution in [0.25, 0.3) is 0 Å². The third-order valence-corrected chi connectivity index (χ3v) is 4.44. The van der Waals surface area contributed by atoms with Crippen molar-refractivity contribution in [2.24, 2.45) is 11.1 Å². The highest BCUT2D eigenvalue weighted by molar-refractivity contribution is 5.82. The van der Waals surface area contributed by atoms with Gasteiger partial charge in [0.25, 0.3) is 0 Å². The standard InChI is InChI=1S/C17H28N2O4/c1-5-17(6-2,11-18)16(21)19-10-15(20)12-7-13(22-3)9-14(8-12)23-4/h7-9,15,20H,5-6,10-11,18H2,1-4H3,(H,19,21). The molecule has 0 bridgehead atoms. The zero-order chi connectivity index (χ0) is 17.5. The maximum absolute atomic E-state index is 12.4. The molecular formula is C17H28N2O4. The minimum absolute atomic E-state index is 0.108. The first-order valence-corrected chi connectivity index (χ1v) is 7.85. The number of amides is 1. The van der Waals surface area contributed by atoms with Gasteiger partial charge < -0.3 is 25.6 Å². The highest BCUT2D eigenvalue weighted by atomic mass is 16.5. The number of aliphatic hydroxyl groups excluding tert-OH is 1. The molecule has 0 aliphatic rings. The van der Waals surface area contributed by atoms with Gasteiger partial charge in [-0.05, 0) is 30.5 Å². The number of carbonyl (C=O) groups excluding carboxylic acids is 1. The largest absolute Gasteiger partial charge is 0.497 e. The van der Waals surface area contributed by atoms with Crippen LogP contribution in [-0.4, -0.2) is 38.3 Å². The molecule has 6 heteroatoms. The Bertz CT molecular complexity index is 485. The van der Waals surface area contributed by atoms with Gasteiger partial charge in [0.05, 0.1) is 25.7 Å². The molecule has 0 spiro atoms. The molecule has 0 aliphatic heterocycles. The van der Waals surface area contributed by atoms with Crippen LogP contribution < -0.4 is 20.5 Å². The fourth-order valence-corrected chi connectivity index (χ4v) is 2.47. The SMILES string of the molecule is CCC(CC)(CN)C(=O)NCC(O)c1cc(OC)cc(OC)c1. The van der Waals surface area contributed by atoms with Crippen molar-refractivity contribution < 1.29 is 19.4 Å². The third-order valence-electron chi connectivity index (χ3n) is 4.44. The lowest BCUT2D eigenvalue weighted by Gasteiger charge is -2.29. The summed E-state index contributed by atoms with van der Waals surface area (Å²) in [7, 11) is 3.09. The van der Waals surface area contributed by atoms with Crippen LogP contribution in [0.15, 0.2) is 18.2 Å². The average Bonchev–Trinajstić information content (AvgIpc) is 2.60. The molecule has 6 nitrogen and oxygen atoms in total. The summed E-state index contributed by atoms with van der Waals surface area (Å²) >= 11 is 0. The summed E-state index contributed by atoms with van der Waals surface area (Å²) in [6, 6.07) is 5.16. The first-order chi connectivity index (χ1) is 11.0. The van der Waals surface area contributed by atoms with E-state index in [0.29, 0.717) is 29.9 Å². The fraction of sp³-hybridized carbons (Fsp3) is 0.588. The number of hydrogen-bond acceptors (Lipinski definition) is 5. The number of nitrogens with one attached hydrogen (secondary N) is 1. The first kappa shape index (κ1) is 19.3. The Kier molecular flexibility index (Phi) is 7.32. The normalized spacial score (nSPS) is 12.6. The smallest absolute Gasteiger partial charge is 0.227 e. The van der Waals surface area contributed by atoms with Gasteiger partial charge in [-0.25, -0.2) is 0 Å². The van der Waals surface area contributed by atoms with Gasteiger partial charge in [-0.2, -0.15) is 0 Å². The number of hydrogen-bond donors (Lipinski definition) is 3. The molecule has 23 heavy (non-hydrogen) atoms. The maximum atomic E-state index is 12.4. The van der Waals surface area contributed by atoms with Gasteiger partial charge in [-0.3, -0.25) is 4.79 Å². The average molecular weight is 324 g/mol. The number of benzene rings is 1. The molecule has 0 saturated heterocycles. The van der Waals surface area contributed by atoms with E-state index in [0.717, 1.165) is 0 Å². The zero-order valence-corrected chi connectivity index (χ0v) is 14.4. The minimum atomic E-state index is -0.855. The number of carbonyl (C=O) groups is 1. The van der Waals surface area contributed by atoms with Crippen LogP contribution in [0.1, 0.15) is 38.4 Å². The molecule has 0 radical (unpaired) electrons. The maximum Gasteiger partial charge on any atom is 0.227 e. The number of nitrogens with two attached hydrogens (primary N) is 1. The Morgan fingerprint density at radius 2 is 1.74 bits per heavy atom. The molecular weight excluding hydrogens is 296 g/mol. The van der Waals surface area contributed by atoms with Crippen molar-refractivity contribution in [3.05, 3.63) is 23.8 Å². The highest BCUT2D eigenvalue weighted by Crippen LogP contribution is 2.27. The van der Waals surface area contributed by atoms with Crippen molar-refractivity contribution in [3.8, 4) is 11.5 Å². The van der Waals surface area contributed by atoms with Crippen LogP contribution in [0.3, 0.4) is 0 Å². The van der Waals surface area contributed by atoms with E-state index < -0.39 is 11.5 Å². The van der Waals surface area contributed by atoms with E-state index in [1.807, 2.05) is 13.8 Å². The van der Waals surface area contributed by atoms with Gasteiger partial charge in [0.1, 0.15) is 11.5 Å². The van der Waals surface area contributed by atoms with Gasteiger partial charge in [0.15, 0.2) is 0 Å². The van der Waals surface area contributed by atoms with Gasteiger partial charge in [0, 0.05) is 19.2 Å². The van der Waals surface area contributed by atoms with Gasteiger partial charge >= 0.3 is 0 Å². The molecule has 1 atom stereocenters. The number of methoxy groups -OCH3 is 2. The van der Waals surface area contributed by atoms with Crippen molar-refractivity contribution in [1.82, 2.24) is 5.32 Å². The van der Waals surface area contributed by atoms with Crippen LogP contribution in [-0.2, 0) is 4.79 Å². The Morgan fingerprint density at radius 3 is 2.13 bits per heavy atom. The highest BCUT2D eigenvalue weighted by Gasteiger charge is 2.33. The van der Waals surface area contributed by atoms with Crippen LogP contribution >= 0.6 is 0 Å². The summed E-state index contributed by atoms with van der Waals surface area (Å²) in [6.07, 6.45) is 0.469. The first-order valence-electron chi connectivity index (χ1n) is 7.85. The Hall–Kier alpha value is -1.79. The monoisotopic (exact) mass is 324 g/mol. The predicted octanol–water partition coefficient (Wildman–Crippen LogP) is 1.62. The molecule has 0 aromatic heterocycles. The second kappa shape index (κ2) is 8.74. The van der Waals surface area contributed by atoms with Crippen LogP contribution in [0.4, 0.5) is 0 Å². The molecule has 1 unspecified atom stereocenters. The van der Waals surface area contributed by atoms with Crippen molar-refractivity contribution in [1.29, 1.82) is 0 Å². The Labute approximate surface area is 138 Å². The van der Waals surface area contributed by atoms with Gasteiger partial charge in [0.2, 0.25) is 5.91 Å². The number of ether oxygens (including phenoxy) is 2. The van der Waals surface area contributed by atoms with Gasteiger partial charge in [-0.1, -0.05) is 13.8 Å². The molecule has 1 rings (SSSR count). The molecule has 130 valence electrons. The summed E-state index contributed by atoms with van der Waals surface area (Å²) in [4.78, 5) is 12.4. The van der Waals surface area contributed by atoms with Crippen molar-refractivity contribution in [2.75, 3.05) is 27.3 Å². The third kappa shape index (κ3) is 4.59. The molecule has 0 aliphatic carbocycles. The lowest BCUT2D eigenvalue weighted by molar-refractivity contribution is -0.131. The van der Waals surface area contributed by atoms with E-state index in [2.05, 4.69) is 5.32 Å². The van der Waals surface area contributed by atoms with E-state index in [1.54, 1.807) is 32.4 Å². The molecule has 0 saturated carbocycles. The number of aliphatic hydroxyl groups is 1. The molecule has 4 N–H and O–H groups in total. The topological polar surface area (TPSA) is 93.8 Å². The lowest BCUT2D eigenvalue weighted by Crippen LogP contribution is -2.46. The summed E-state index contributed by atoms with van der Waals surface area (Å²) in [5.41, 5.74) is 5.81. The second-order valence-electron chi connectivity index (χ2n) is 5.56. The van der Waals surface area contributed by atoms with Gasteiger partial charge in [-0.15, -0.1) is 0 Å². The molecule has 1 aromatic rings. The quantitative estimate of drug-likeness (QED) is 0.642. The molecule has 1 aromatic carbocycles. The predicted molar refractivity (Wildman–Crippen MR) is 89.6 cm³/mol. The summed E-state index contributed by atoms with van der Waals surface area (Å²) in [5.74, 6) is 1.05. The van der Waals surface area contributed by atoms with Crippen molar-refractivity contribution in [2.45, 2.75) is 32.8 Å².